The molecule has 0 saturated heterocycles. The van der Waals surface area contributed by atoms with Crippen molar-refractivity contribution in [3.8, 4) is 0 Å². The van der Waals surface area contributed by atoms with E-state index in [9.17, 15) is 14.0 Å². The first-order valence-corrected chi connectivity index (χ1v) is 7.03. The number of halogens is 2. The normalized spacial score (nSPS) is 10.1. The van der Waals surface area contributed by atoms with Crippen molar-refractivity contribution in [2.24, 2.45) is 0 Å². The topological polar surface area (TPSA) is 49.4 Å². The van der Waals surface area contributed by atoms with Gasteiger partial charge in [-0.2, -0.15) is 0 Å². The summed E-state index contributed by atoms with van der Waals surface area (Å²) in [6, 6.07) is 12.6. The Morgan fingerprint density at radius 2 is 1.86 bits per heavy atom. The van der Waals surface area contributed by atoms with Gasteiger partial charge in [-0.25, -0.2) is 4.39 Å². The summed E-state index contributed by atoms with van der Waals surface area (Å²) in [6.45, 7) is 2.12. The first-order valence-electron chi connectivity index (χ1n) is 6.66. The highest BCUT2D eigenvalue weighted by Gasteiger charge is 2.22. The molecule has 0 atom stereocenters. The second-order valence-corrected chi connectivity index (χ2v) is 4.88. The lowest BCUT2D eigenvalue weighted by molar-refractivity contribution is -0.134. The molecule has 0 aliphatic rings. The van der Waals surface area contributed by atoms with E-state index in [0.29, 0.717) is 12.2 Å². The van der Waals surface area contributed by atoms with E-state index in [1.54, 1.807) is 31.2 Å². The molecule has 0 aromatic heterocycles. The average Bonchev–Trinajstić information content (AvgIpc) is 2.52. The molecule has 0 radical (unpaired) electrons. The van der Waals surface area contributed by atoms with Crippen LogP contribution < -0.4 is 10.2 Å². The highest BCUT2D eigenvalue weighted by Crippen LogP contribution is 2.20. The minimum Gasteiger partial charge on any atom is -0.318 e. The third kappa shape index (κ3) is 3.62. The van der Waals surface area contributed by atoms with Gasteiger partial charge in [-0.3, -0.25) is 9.59 Å². The Bertz CT molecular complexity index is 692. The van der Waals surface area contributed by atoms with E-state index in [0.717, 1.165) is 6.07 Å². The Labute approximate surface area is 132 Å². The summed E-state index contributed by atoms with van der Waals surface area (Å²) in [5, 5.41) is 2.29. The summed E-state index contributed by atoms with van der Waals surface area (Å²) in [4.78, 5) is 25.6. The largest absolute Gasteiger partial charge is 0.318 e. The van der Waals surface area contributed by atoms with Gasteiger partial charge in [0.2, 0.25) is 0 Å². The third-order valence-corrected chi connectivity index (χ3v) is 3.29. The SMILES string of the molecule is CCN(C(=O)C(=O)Nc1ccc(F)c(Cl)c1)c1ccccc1. The summed E-state index contributed by atoms with van der Waals surface area (Å²) in [5.41, 5.74) is 0.885. The number of nitrogens with one attached hydrogen (secondary N) is 1. The van der Waals surface area contributed by atoms with Gasteiger partial charge in [-0.1, -0.05) is 29.8 Å². The highest BCUT2D eigenvalue weighted by molar-refractivity contribution is 6.44. The monoisotopic (exact) mass is 320 g/mol. The third-order valence-electron chi connectivity index (χ3n) is 3.00. The maximum absolute atomic E-state index is 13.1. The van der Waals surface area contributed by atoms with E-state index in [-0.39, 0.29) is 10.7 Å². The summed E-state index contributed by atoms with van der Waals surface area (Å²) in [6.07, 6.45) is 0. The lowest BCUT2D eigenvalue weighted by atomic mass is 10.2. The number of para-hydroxylation sites is 1. The number of hydrogen-bond donors (Lipinski definition) is 1. The maximum Gasteiger partial charge on any atom is 0.316 e. The fourth-order valence-corrected chi connectivity index (χ4v) is 2.11. The number of likely N-dealkylation sites (N-methyl/N-ethyl adjacent to an activating group) is 1. The van der Waals surface area contributed by atoms with Crippen molar-refractivity contribution in [1.82, 2.24) is 0 Å². The molecule has 0 aliphatic heterocycles. The van der Waals surface area contributed by atoms with Gasteiger partial charge in [0.1, 0.15) is 5.82 Å². The molecule has 0 spiro atoms. The summed E-state index contributed by atoms with van der Waals surface area (Å²) in [5.74, 6) is -2.10. The van der Waals surface area contributed by atoms with E-state index < -0.39 is 17.6 Å². The predicted octanol–water partition coefficient (Wildman–Crippen LogP) is 3.47. The van der Waals surface area contributed by atoms with Crippen LogP contribution in [0.2, 0.25) is 5.02 Å². The van der Waals surface area contributed by atoms with E-state index in [2.05, 4.69) is 5.32 Å². The average molecular weight is 321 g/mol. The van der Waals surface area contributed by atoms with Gasteiger partial charge in [0.15, 0.2) is 0 Å². The fourth-order valence-electron chi connectivity index (χ4n) is 1.93. The summed E-state index contributed by atoms with van der Waals surface area (Å²) in [7, 11) is 0. The van der Waals surface area contributed by atoms with Crippen LogP contribution in [0.3, 0.4) is 0 Å². The molecule has 2 aromatic rings. The molecule has 0 bridgehead atoms. The smallest absolute Gasteiger partial charge is 0.316 e. The van der Waals surface area contributed by atoms with Crippen LogP contribution in [0, 0.1) is 5.82 Å². The number of amides is 2. The molecule has 114 valence electrons. The van der Waals surface area contributed by atoms with Gasteiger partial charge in [-0.15, -0.1) is 0 Å². The number of carbonyl (C=O) groups excluding carboxylic acids is 2. The number of benzene rings is 2. The Balaban J connectivity index is 2.14. The molecular weight excluding hydrogens is 307 g/mol. The van der Waals surface area contributed by atoms with Crippen LogP contribution in [0.4, 0.5) is 15.8 Å². The lowest BCUT2D eigenvalue weighted by Crippen LogP contribution is -2.39. The Kier molecular flexibility index (Phi) is 5.12. The molecule has 0 saturated carbocycles. The van der Waals surface area contributed by atoms with Gasteiger partial charge in [0, 0.05) is 17.9 Å². The number of carbonyl (C=O) groups is 2. The molecule has 22 heavy (non-hydrogen) atoms. The molecule has 4 nitrogen and oxygen atoms in total. The van der Waals surface area contributed by atoms with Crippen LogP contribution in [0.1, 0.15) is 6.92 Å². The molecule has 0 heterocycles. The van der Waals surface area contributed by atoms with Crippen molar-refractivity contribution >= 4 is 34.8 Å². The van der Waals surface area contributed by atoms with E-state index in [4.69, 9.17) is 11.6 Å². The first-order chi connectivity index (χ1) is 10.5. The molecule has 6 heteroatoms. The molecule has 0 fully saturated rings. The van der Waals surface area contributed by atoms with Gasteiger partial charge in [0.05, 0.1) is 5.02 Å². The number of hydrogen-bond acceptors (Lipinski definition) is 2. The van der Waals surface area contributed by atoms with Crippen LogP contribution in [0.15, 0.2) is 48.5 Å². The standard InChI is InChI=1S/C16H14ClFN2O2/c1-2-20(12-6-4-3-5-7-12)16(22)15(21)19-11-8-9-14(18)13(17)10-11/h3-10H,2H2,1H3,(H,19,21). The maximum atomic E-state index is 13.1. The van der Waals surface area contributed by atoms with Gasteiger partial charge in [-0.05, 0) is 37.3 Å². The van der Waals surface area contributed by atoms with Crippen LogP contribution in [0.5, 0.6) is 0 Å². The van der Waals surface area contributed by atoms with Crippen LogP contribution >= 0.6 is 11.6 Å². The van der Waals surface area contributed by atoms with Crippen molar-refractivity contribution in [2.45, 2.75) is 6.92 Å². The number of rotatable bonds is 3. The number of nitrogens with zero attached hydrogens (tertiary/aromatic N) is 1. The van der Waals surface area contributed by atoms with Crippen molar-refractivity contribution in [2.75, 3.05) is 16.8 Å². The zero-order chi connectivity index (χ0) is 16.1. The molecule has 2 amide bonds. The zero-order valence-electron chi connectivity index (χ0n) is 11.8. The second-order valence-electron chi connectivity index (χ2n) is 4.47. The predicted molar refractivity (Wildman–Crippen MR) is 84.5 cm³/mol. The van der Waals surface area contributed by atoms with E-state index >= 15 is 0 Å². The van der Waals surface area contributed by atoms with E-state index in [1.807, 2.05) is 6.07 Å². The van der Waals surface area contributed by atoms with Crippen molar-refractivity contribution < 1.29 is 14.0 Å². The van der Waals surface area contributed by atoms with Gasteiger partial charge in [0.25, 0.3) is 0 Å². The highest BCUT2D eigenvalue weighted by atomic mass is 35.5. The second kappa shape index (κ2) is 7.04. The zero-order valence-corrected chi connectivity index (χ0v) is 12.6. The first kappa shape index (κ1) is 16.0. The molecule has 0 unspecified atom stereocenters. The van der Waals surface area contributed by atoms with Gasteiger partial charge < -0.3 is 10.2 Å². The van der Waals surface area contributed by atoms with E-state index in [1.165, 1.54) is 17.0 Å². The molecule has 1 N–H and O–H groups in total. The molecular formula is C16H14ClFN2O2. The fraction of sp³-hybridized carbons (Fsp3) is 0.125. The van der Waals surface area contributed by atoms with Crippen molar-refractivity contribution in [3.05, 3.63) is 59.4 Å². The Morgan fingerprint density at radius 1 is 1.18 bits per heavy atom. The summed E-state index contributed by atoms with van der Waals surface area (Å²) < 4.78 is 13.1. The summed E-state index contributed by atoms with van der Waals surface area (Å²) >= 11 is 5.64. The molecule has 2 rings (SSSR count). The van der Waals surface area contributed by atoms with Crippen molar-refractivity contribution in [3.63, 3.8) is 0 Å². The number of anilines is 2. The minimum absolute atomic E-state index is 0.124. The quantitative estimate of drug-likeness (QED) is 0.880. The van der Waals surface area contributed by atoms with Crippen LogP contribution in [-0.2, 0) is 9.59 Å². The Morgan fingerprint density at radius 3 is 2.45 bits per heavy atom. The lowest BCUT2D eigenvalue weighted by Gasteiger charge is -2.20. The van der Waals surface area contributed by atoms with Crippen LogP contribution in [0.25, 0.3) is 0 Å². The van der Waals surface area contributed by atoms with Gasteiger partial charge >= 0.3 is 11.8 Å². The Hall–Kier alpha value is -2.40. The van der Waals surface area contributed by atoms with Crippen LogP contribution in [-0.4, -0.2) is 18.4 Å². The molecule has 0 aliphatic carbocycles. The minimum atomic E-state index is -0.812. The van der Waals surface area contributed by atoms with Crippen molar-refractivity contribution in [1.29, 1.82) is 0 Å². The molecule has 2 aromatic carbocycles.